The Morgan fingerprint density at radius 3 is 2.75 bits per heavy atom. The van der Waals surface area contributed by atoms with E-state index < -0.39 is 0 Å². The van der Waals surface area contributed by atoms with E-state index in [1.165, 1.54) is 23.1 Å². The van der Waals surface area contributed by atoms with Crippen molar-refractivity contribution in [3.05, 3.63) is 40.3 Å². The van der Waals surface area contributed by atoms with Crippen molar-refractivity contribution in [3.63, 3.8) is 0 Å². The first-order valence-electron chi connectivity index (χ1n) is 10.7. The number of nitrogens with zero attached hydrogens (tertiary/aromatic N) is 4. The maximum Gasteiger partial charge on any atom is 0.235 e. The van der Waals surface area contributed by atoms with E-state index in [1.807, 2.05) is 35.8 Å². The molecule has 4 rings (SSSR count). The molecule has 0 fully saturated rings. The number of carbonyl (C=O) groups excluding carboxylic acids is 1. The summed E-state index contributed by atoms with van der Waals surface area (Å²) in [5.41, 5.74) is 2.71. The Morgan fingerprint density at radius 1 is 1.25 bits per heavy atom. The molecule has 0 saturated carbocycles. The summed E-state index contributed by atoms with van der Waals surface area (Å²) in [5, 5.41) is 22.6. The Hall–Kier alpha value is -2.83. The van der Waals surface area contributed by atoms with Crippen molar-refractivity contribution in [1.29, 1.82) is 5.26 Å². The monoisotopic (exact) mass is 467 g/mol. The Balaban J connectivity index is 1.45. The van der Waals surface area contributed by atoms with Gasteiger partial charge < -0.3 is 14.6 Å². The molecule has 0 radical (unpaired) electrons. The van der Waals surface area contributed by atoms with Crippen LogP contribution in [0.2, 0.25) is 0 Å². The molecule has 0 bridgehead atoms. The van der Waals surface area contributed by atoms with Crippen LogP contribution < -0.4 is 10.1 Å². The van der Waals surface area contributed by atoms with Crippen LogP contribution in [0.15, 0.2) is 29.4 Å². The first kappa shape index (κ1) is 22.4. The molecule has 0 saturated heterocycles. The highest BCUT2D eigenvalue weighted by Gasteiger charge is 2.21. The zero-order valence-electron chi connectivity index (χ0n) is 18.2. The number of aromatic nitrogens is 3. The maximum atomic E-state index is 12.7. The van der Waals surface area contributed by atoms with Crippen LogP contribution in [-0.2, 0) is 24.2 Å². The summed E-state index contributed by atoms with van der Waals surface area (Å²) in [4.78, 5) is 13.9. The Kier molecular flexibility index (Phi) is 7.12. The smallest absolute Gasteiger partial charge is 0.235 e. The number of methoxy groups -OCH3 is 1. The predicted molar refractivity (Wildman–Crippen MR) is 127 cm³/mol. The van der Waals surface area contributed by atoms with Gasteiger partial charge >= 0.3 is 0 Å². The minimum Gasteiger partial charge on any atom is -0.497 e. The van der Waals surface area contributed by atoms with Crippen molar-refractivity contribution >= 4 is 34.0 Å². The summed E-state index contributed by atoms with van der Waals surface area (Å²) in [6, 6.07) is 9.98. The van der Waals surface area contributed by atoms with Crippen LogP contribution in [0.5, 0.6) is 5.75 Å². The average molecular weight is 468 g/mol. The van der Waals surface area contributed by atoms with E-state index in [-0.39, 0.29) is 11.7 Å². The van der Waals surface area contributed by atoms with Gasteiger partial charge in [-0.05, 0) is 62.4 Å². The molecule has 0 aliphatic heterocycles. The topological polar surface area (TPSA) is 92.8 Å². The van der Waals surface area contributed by atoms with Gasteiger partial charge in [0.15, 0.2) is 11.0 Å². The van der Waals surface area contributed by atoms with E-state index in [0.29, 0.717) is 22.3 Å². The highest BCUT2D eigenvalue weighted by Crippen LogP contribution is 2.37. The van der Waals surface area contributed by atoms with Crippen LogP contribution in [0.4, 0.5) is 5.00 Å². The van der Waals surface area contributed by atoms with Crippen molar-refractivity contribution in [2.24, 2.45) is 0 Å². The molecule has 1 aliphatic carbocycles. The van der Waals surface area contributed by atoms with E-state index in [4.69, 9.17) is 4.74 Å². The first-order chi connectivity index (χ1) is 15.6. The summed E-state index contributed by atoms with van der Waals surface area (Å²) in [6.45, 7) is 2.72. The van der Waals surface area contributed by atoms with E-state index in [9.17, 15) is 10.1 Å². The number of hydrogen-bond acceptors (Lipinski definition) is 7. The number of hydrogen-bond donors (Lipinski definition) is 1. The summed E-state index contributed by atoms with van der Waals surface area (Å²) in [5.74, 6) is 1.60. The van der Waals surface area contributed by atoms with E-state index in [2.05, 4.69) is 21.6 Å². The Morgan fingerprint density at radius 2 is 2.03 bits per heavy atom. The van der Waals surface area contributed by atoms with Gasteiger partial charge in [0.1, 0.15) is 16.8 Å². The molecule has 2 aromatic heterocycles. The third-order valence-electron chi connectivity index (χ3n) is 5.50. The number of fused-ring (bicyclic) bond motifs is 1. The van der Waals surface area contributed by atoms with Gasteiger partial charge in [-0.1, -0.05) is 18.2 Å². The van der Waals surface area contributed by atoms with Crippen LogP contribution in [0, 0.1) is 11.3 Å². The van der Waals surface area contributed by atoms with Crippen LogP contribution >= 0.6 is 23.1 Å². The number of aryl methyl sites for hydroxylation is 1. The SMILES string of the molecule is CCn1c(SCC(=O)Nc2sc3c(c2C#N)CCCCC3)nnc1-c1ccc(OC)cc1. The summed E-state index contributed by atoms with van der Waals surface area (Å²) >= 11 is 2.90. The largest absolute Gasteiger partial charge is 0.497 e. The molecule has 0 atom stereocenters. The average Bonchev–Trinajstić information content (AvgIpc) is 3.29. The van der Waals surface area contributed by atoms with Gasteiger partial charge in [0.05, 0.1) is 18.4 Å². The van der Waals surface area contributed by atoms with Crippen molar-refractivity contribution < 1.29 is 9.53 Å². The second kappa shape index (κ2) is 10.2. The zero-order valence-corrected chi connectivity index (χ0v) is 19.8. The van der Waals surface area contributed by atoms with Gasteiger partial charge in [-0.2, -0.15) is 5.26 Å². The second-order valence-electron chi connectivity index (χ2n) is 7.50. The minimum absolute atomic E-state index is 0.139. The molecule has 3 aromatic rings. The zero-order chi connectivity index (χ0) is 22.5. The van der Waals surface area contributed by atoms with Crippen molar-refractivity contribution in [2.45, 2.75) is 50.7 Å². The number of carbonyl (C=O) groups is 1. The molecule has 2 heterocycles. The number of thiophene rings is 1. The standard InChI is InChI=1S/C23H25N5O2S2/c1-3-28-21(15-9-11-16(30-2)12-10-15)26-27-23(28)31-14-20(29)25-22-18(13-24)17-7-5-4-6-8-19(17)32-22/h9-12H,3-8,14H2,1-2H3,(H,25,29). The van der Waals surface area contributed by atoms with Crippen LogP contribution in [0.1, 0.15) is 42.2 Å². The lowest BCUT2D eigenvalue weighted by Gasteiger charge is -2.08. The number of nitriles is 1. The van der Waals surface area contributed by atoms with Crippen molar-refractivity contribution in [1.82, 2.24) is 14.8 Å². The molecule has 32 heavy (non-hydrogen) atoms. The number of thioether (sulfide) groups is 1. The summed E-state index contributed by atoms with van der Waals surface area (Å²) < 4.78 is 7.21. The fraction of sp³-hybridized carbons (Fsp3) is 0.391. The molecule has 7 nitrogen and oxygen atoms in total. The highest BCUT2D eigenvalue weighted by molar-refractivity contribution is 7.99. The third kappa shape index (κ3) is 4.66. The lowest BCUT2D eigenvalue weighted by atomic mass is 10.1. The lowest BCUT2D eigenvalue weighted by molar-refractivity contribution is -0.113. The molecule has 1 aromatic carbocycles. The van der Waals surface area contributed by atoms with E-state index in [0.717, 1.165) is 48.4 Å². The predicted octanol–water partition coefficient (Wildman–Crippen LogP) is 4.91. The second-order valence-corrected chi connectivity index (χ2v) is 9.54. The number of amides is 1. The van der Waals surface area contributed by atoms with Crippen molar-refractivity contribution in [3.8, 4) is 23.2 Å². The number of rotatable bonds is 7. The molecule has 0 spiro atoms. The number of anilines is 1. The molecular weight excluding hydrogens is 442 g/mol. The van der Waals surface area contributed by atoms with Crippen LogP contribution in [0.3, 0.4) is 0 Å². The van der Waals surface area contributed by atoms with Crippen LogP contribution in [0.25, 0.3) is 11.4 Å². The van der Waals surface area contributed by atoms with Crippen molar-refractivity contribution in [2.75, 3.05) is 18.2 Å². The maximum absolute atomic E-state index is 12.7. The highest BCUT2D eigenvalue weighted by atomic mass is 32.2. The van der Waals surface area contributed by atoms with Gasteiger partial charge in [0.25, 0.3) is 0 Å². The lowest BCUT2D eigenvalue weighted by Crippen LogP contribution is -2.14. The van der Waals surface area contributed by atoms with Gasteiger partial charge in [0.2, 0.25) is 5.91 Å². The number of ether oxygens (including phenoxy) is 1. The Bertz CT molecular complexity index is 1140. The van der Waals surface area contributed by atoms with Gasteiger partial charge in [-0.25, -0.2) is 0 Å². The number of nitrogens with one attached hydrogen (secondary N) is 1. The molecule has 1 amide bonds. The Labute approximate surface area is 195 Å². The fourth-order valence-electron chi connectivity index (χ4n) is 3.88. The first-order valence-corrected chi connectivity index (χ1v) is 12.5. The summed E-state index contributed by atoms with van der Waals surface area (Å²) in [6.07, 6.45) is 5.36. The minimum atomic E-state index is -0.139. The molecule has 1 aliphatic rings. The molecule has 166 valence electrons. The summed E-state index contributed by atoms with van der Waals surface area (Å²) in [7, 11) is 1.63. The molecular formula is C23H25N5O2S2. The van der Waals surface area contributed by atoms with Gasteiger partial charge in [-0.15, -0.1) is 21.5 Å². The van der Waals surface area contributed by atoms with E-state index in [1.54, 1.807) is 18.4 Å². The van der Waals surface area contributed by atoms with Crippen LogP contribution in [-0.4, -0.2) is 33.5 Å². The molecule has 9 heteroatoms. The fourth-order valence-corrected chi connectivity index (χ4v) is 5.93. The molecule has 1 N–H and O–H groups in total. The van der Waals surface area contributed by atoms with Gasteiger partial charge in [0, 0.05) is 17.0 Å². The van der Waals surface area contributed by atoms with Gasteiger partial charge in [-0.3, -0.25) is 4.79 Å². The third-order valence-corrected chi connectivity index (χ3v) is 7.67. The quantitative estimate of drug-likeness (QED) is 0.392. The number of benzene rings is 1. The molecule has 0 unspecified atom stereocenters. The normalized spacial score (nSPS) is 13.2. The van der Waals surface area contributed by atoms with E-state index >= 15 is 0 Å².